The van der Waals surface area contributed by atoms with Crippen LogP contribution >= 0.6 is 0 Å². The molecule has 0 atom stereocenters. The molecule has 0 heterocycles. The Morgan fingerprint density at radius 1 is 0.935 bits per heavy atom. The molecule has 1 aliphatic carbocycles. The molecule has 31 heavy (non-hydrogen) atoms. The number of nitrogens with one attached hydrogen (secondary N) is 2. The molecule has 0 bridgehead atoms. The molecule has 5 nitrogen and oxygen atoms in total. The molecule has 0 radical (unpaired) electrons. The monoisotopic (exact) mass is 414 g/mol. The van der Waals surface area contributed by atoms with Crippen molar-refractivity contribution in [2.75, 3.05) is 17.2 Å². The lowest BCUT2D eigenvalue weighted by Crippen LogP contribution is -2.16. The van der Waals surface area contributed by atoms with Crippen molar-refractivity contribution in [2.45, 2.75) is 26.2 Å². The highest BCUT2D eigenvalue weighted by molar-refractivity contribution is 6.06. The van der Waals surface area contributed by atoms with Gasteiger partial charge in [0.05, 0.1) is 12.2 Å². The van der Waals surface area contributed by atoms with E-state index in [2.05, 4.69) is 22.8 Å². The summed E-state index contributed by atoms with van der Waals surface area (Å²) in [4.78, 5) is 25.0. The minimum Gasteiger partial charge on any atom is -0.492 e. The Morgan fingerprint density at radius 3 is 2.45 bits per heavy atom. The normalized spacial score (nSPS) is 12.8. The van der Waals surface area contributed by atoms with Crippen molar-refractivity contribution in [3.05, 3.63) is 89.5 Å². The summed E-state index contributed by atoms with van der Waals surface area (Å²) in [5.41, 5.74) is 3.96. The first-order valence-corrected chi connectivity index (χ1v) is 10.6. The number of rotatable bonds is 8. The molecule has 4 rings (SSSR count). The second kappa shape index (κ2) is 9.47. The van der Waals surface area contributed by atoms with E-state index in [9.17, 15) is 9.59 Å². The molecule has 1 saturated carbocycles. The van der Waals surface area contributed by atoms with Gasteiger partial charge in [0, 0.05) is 23.7 Å². The SMILES string of the molecule is Cc1ccc(NC(=O)c2ccccc2OCCc2ccccc2)cc1NC(=O)C1CC1. The zero-order valence-electron chi connectivity index (χ0n) is 17.6. The average Bonchev–Trinajstić information content (AvgIpc) is 3.63. The van der Waals surface area contributed by atoms with Gasteiger partial charge >= 0.3 is 0 Å². The topological polar surface area (TPSA) is 67.4 Å². The van der Waals surface area contributed by atoms with E-state index in [0.29, 0.717) is 23.6 Å². The molecule has 0 aromatic heterocycles. The van der Waals surface area contributed by atoms with Crippen molar-refractivity contribution in [2.24, 2.45) is 5.92 Å². The maximum atomic E-state index is 12.9. The average molecular weight is 415 g/mol. The van der Waals surface area contributed by atoms with E-state index in [1.807, 2.05) is 49.4 Å². The van der Waals surface area contributed by atoms with Crippen molar-refractivity contribution in [3.63, 3.8) is 0 Å². The maximum Gasteiger partial charge on any atom is 0.259 e. The van der Waals surface area contributed by atoms with Gasteiger partial charge in [0.1, 0.15) is 5.75 Å². The Balaban J connectivity index is 1.42. The van der Waals surface area contributed by atoms with E-state index >= 15 is 0 Å². The van der Waals surface area contributed by atoms with Crippen LogP contribution in [0.25, 0.3) is 0 Å². The fourth-order valence-electron chi connectivity index (χ4n) is 3.32. The summed E-state index contributed by atoms with van der Waals surface area (Å²) in [5, 5.41) is 5.89. The molecule has 5 heteroatoms. The van der Waals surface area contributed by atoms with E-state index in [4.69, 9.17) is 4.74 Å². The Kier molecular flexibility index (Phi) is 6.32. The van der Waals surface area contributed by atoms with Crippen molar-refractivity contribution in [1.82, 2.24) is 0 Å². The van der Waals surface area contributed by atoms with Gasteiger partial charge in [-0.15, -0.1) is 0 Å². The largest absolute Gasteiger partial charge is 0.492 e. The molecule has 0 saturated heterocycles. The van der Waals surface area contributed by atoms with Gasteiger partial charge in [-0.05, 0) is 55.2 Å². The lowest BCUT2D eigenvalue weighted by atomic mass is 10.1. The van der Waals surface area contributed by atoms with E-state index in [0.717, 1.165) is 30.5 Å². The summed E-state index contributed by atoms with van der Waals surface area (Å²) < 4.78 is 5.91. The van der Waals surface area contributed by atoms with E-state index < -0.39 is 0 Å². The number of hydrogen-bond acceptors (Lipinski definition) is 3. The molecular weight excluding hydrogens is 388 g/mol. The van der Waals surface area contributed by atoms with Crippen LogP contribution in [0.15, 0.2) is 72.8 Å². The molecule has 0 spiro atoms. The van der Waals surface area contributed by atoms with Crippen LogP contribution in [0.2, 0.25) is 0 Å². The highest BCUT2D eigenvalue weighted by atomic mass is 16.5. The Labute approximate surface area is 182 Å². The summed E-state index contributed by atoms with van der Waals surface area (Å²) in [6.07, 6.45) is 2.66. The summed E-state index contributed by atoms with van der Waals surface area (Å²) in [6, 6.07) is 22.8. The lowest BCUT2D eigenvalue weighted by Gasteiger charge is -2.14. The fraction of sp³-hybridized carbons (Fsp3) is 0.231. The third kappa shape index (κ3) is 5.51. The van der Waals surface area contributed by atoms with Crippen LogP contribution in [0.1, 0.15) is 34.3 Å². The minimum absolute atomic E-state index is 0.0451. The summed E-state index contributed by atoms with van der Waals surface area (Å²) in [6.45, 7) is 2.42. The van der Waals surface area contributed by atoms with Gasteiger partial charge in [-0.25, -0.2) is 0 Å². The van der Waals surface area contributed by atoms with Gasteiger partial charge in [-0.2, -0.15) is 0 Å². The number of para-hydroxylation sites is 1. The molecule has 0 aliphatic heterocycles. The lowest BCUT2D eigenvalue weighted by molar-refractivity contribution is -0.117. The third-order valence-electron chi connectivity index (χ3n) is 5.32. The Morgan fingerprint density at radius 2 is 1.68 bits per heavy atom. The highest BCUT2D eigenvalue weighted by Gasteiger charge is 2.29. The molecule has 158 valence electrons. The number of amides is 2. The molecule has 1 aliphatic rings. The van der Waals surface area contributed by atoms with Gasteiger partial charge in [0.2, 0.25) is 5.91 Å². The van der Waals surface area contributed by atoms with Gasteiger partial charge in [-0.3, -0.25) is 9.59 Å². The molecule has 2 amide bonds. The van der Waals surface area contributed by atoms with Crippen molar-refractivity contribution in [1.29, 1.82) is 0 Å². The van der Waals surface area contributed by atoms with Gasteiger partial charge in [0.15, 0.2) is 0 Å². The van der Waals surface area contributed by atoms with Gasteiger partial charge in [0.25, 0.3) is 5.91 Å². The van der Waals surface area contributed by atoms with Crippen LogP contribution < -0.4 is 15.4 Å². The molecule has 2 N–H and O–H groups in total. The van der Waals surface area contributed by atoms with E-state index in [1.54, 1.807) is 18.2 Å². The second-order valence-corrected chi connectivity index (χ2v) is 7.83. The first-order valence-electron chi connectivity index (χ1n) is 10.6. The zero-order chi connectivity index (χ0) is 21.6. The fourth-order valence-corrected chi connectivity index (χ4v) is 3.32. The van der Waals surface area contributed by atoms with Gasteiger partial charge < -0.3 is 15.4 Å². The Hall–Kier alpha value is -3.60. The maximum absolute atomic E-state index is 12.9. The highest BCUT2D eigenvalue weighted by Crippen LogP contribution is 2.31. The molecule has 3 aromatic carbocycles. The first-order chi connectivity index (χ1) is 15.1. The quantitative estimate of drug-likeness (QED) is 0.531. The van der Waals surface area contributed by atoms with Crippen LogP contribution in [0.3, 0.4) is 0 Å². The van der Waals surface area contributed by atoms with Crippen LogP contribution in [0.4, 0.5) is 11.4 Å². The predicted molar refractivity (Wildman–Crippen MR) is 123 cm³/mol. The van der Waals surface area contributed by atoms with E-state index in [-0.39, 0.29) is 17.7 Å². The van der Waals surface area contributed by atoms with Crippen molar-refractivity contribution < 1.29 is 14.3 Å². The summed E-state index contributed by atoms with van der Waals surface area (Å²) in [5.74, 6) is 0.463. The molecule has 1 fully saturated rings. The van der Waals surface area contributed by atoms with Gasteiger partial charge in [-0.1, -0.05) is 48.5 Å². The van der Waals surface area contributed by atoms with E-state index in [1.165, 1.54) is 5.56 Å². The number of hydrogen-bond donors (Lipinski definition) is 2. The van der Waals surface area contributed by atoms with Crippen LogP contribution in [-0.4, -0.2) is 18.4 Å². The number of aryl methyl sites for hydroxylation is 1. The number of benzene rings is 3. The van der Waals surface area contributed by atoms with Crippen LogP contribution in [-0.2, 0) is 11.2 Å². The minimum atomic E-state index is -0.251. The van der Waals surface area contributed by atoms with Crippen molar-refractivity contribution in [3.8, 4) is 5.75 Å². The Bertz CT molecular complexity index is 1080. The second-order valence-electron chi connectivity index (χ2n) is 7.83. The molecular formula is C26H26N2O3. The standard InChI is InChI=1S/C26H26N2O3/c1-18-11-14-21(17-23(18)28-25(29)20-12-13-20)27-26(30)22-9-5-6-10-24(22)31-16-15-19-7-3-2-4-8-19/h2-11,14,17,20H,12-13,15-16H2,1H3,(H,27,30)(H,28,29). The molecule has 0 unspecified atom stereocenters. The smallest absolute Gasteiger partial charge is 0.259 e. The number of carbonyl (C=O) groups excluding carboxylic acids is 2. The number of carbonyl (C=O) groups is 2. The van der Waals surface area contributed by atoms with Crippen molar-refractivity contribution >= 4 is 23.2 Å². The molecule has 3 aromatic rings. The summed E-state index contributed by atoms with van der Waals surface area (Å²) in [7, 11) is 0. The number of ether oxygens (including phenoxy) is 1. The number of anilines is 2. The predicted octanol–water partition coefficient (Wildman–Crippen LogP) is 5.22. The van der Waals surface area contributed by atoms with Crippen LogP contribution in [0, 0.1) is 12.8 Å². The third-order valence-corrected chi connectivity index (χ3v) is 5.32. The summed E-state index contributed by atoms with van der Waals surface area (Å²) >= 11 is 0. The first kappa shape index (κ1) is 20.7. The zero-order valence-corrected chi connectivity index (χ0v) is 17.6. The van der Waals surface area contributed by atoms with Crippen LogP contribution in [0.5, 0.6) is 5.75 Å².